The van der Waals surface area contributed by atoms with Crippen molar-refractivity contribution in [3.63, 3.8) is 0 Å². The minimum atomic E-state index is -4.04. The molecule has 0 heterocycles. The van der Waals surface area contributed by atoms with Crippen LogP contribution in [0.3, 0.4) is 0 Å². The molecule has 24 heavy (non-hydrogen) atoms. The monoisotopic (exact) mass is 376 g/mol. The normalized spacial score (nSPS) is 12.5. The number of hydrogen-bond acceptors (Lipinski definition) is 5. The number of sulfonamides is 1. The Morgan fingerprint density at radius 1 is 1.33 bits per heavy atom. The number of rotatable bonds is 10. The summed E-state index contributed by atoms with van der Waals surface area (Å²) in [5.41, 5.74) is 0. The van der Waals surface area contributed by atoms with E-state index in [9.17, 15) is 23.2 Å². The van der Waals surface area contributed by atoms with Crippen LogP contribution in [-0.2, 0) is 19.6 Å². The zero-order chi connectivity index (χ0) is 18.2. The SMILES string of the molecule is CCCCCC(CN(O)C=O)C(=O)NS(=O)(=O)c1ccc(Cl)cc1. The van der Waals surface area contributed by atoms with Gasteiger partial charge < -0.3 is 0 Å². The Kier molecular flexibility index (Phi) is 8.17. The molecule has 0 saturated carbocycles. The van der Waals surface area contributed by atoms with E-state index in [1.165, 1.54) is 24.3 Å². The van der Waals surface area contributed by atoms with E-state index in [2.05, 4.69) is 0 Å². The molecule has 0 aromatic heterocycles. The van der Waals surface area contributed by atoms with Crippen LogP contribution >= 0.6 is 11.6 Å². The van der Waals surface area contributed by atoms with Crippen molar-refractivity contribution >= 4 is 33.9 Å². The van der Waals surface area contributed by atoms with Crippen molar-refractivity contribution in [2.24, 2.45) is 5.92 Å². The first-order valence-corrected chi connectivity index (χ1v) is 9.39. The van der Waals surface area contributed by atoms with Gasteiger partial charge in [-0.25, -0.2) is 18.2 Å². The molecular formula is C15H21ClN2O5S. The quantitative estimate of drug-likeness (QED) is 0.282. The van der Waals surface area contributed by atoms with Crippen LogP contribution in [0, 0.1) is 5.92 Å². The molecule has 1 aromatic carbocycles. The van der Waals surface area contributed by atoms with Gasteiger partial charge in [0.2, 0.25) is 12.3 Å². The van der Waals surface area contributed by atoms with Gasteiger partial charge in [-0.2, -0.15) is 0 Å². The molecular weight excluding hydrogens is 356 g/mol. The molecule has 2 N–H and O–H groups in total. The van der Waals surface area contributed by atoms with Crippen LogP contribution in [0.25, 0.3) is 0 Å². The van der Waals surface area contributed by atoms with Crippen molar-refractivity contribution in [2.45, 2.75) is 37.5 Å². The molecule has 0 radical (unpaired) electrons. The number of nitrogens with zero attached hydrogens (tertiary/aromatic N) is 1. The smallest absolute Gasteiger partial charge is 0.264 e. The van der Waals surface area contributed by atoms with Gasteiger partial charge in [0.25, 0.3) is 10.0 Å². The van der Waals surface area contributed by atoms with Crippen LogP contribution in [-0.4, -0.2) is 37.6 Å². The van der Waals surface area contributed by atoms with Crippen molar-refractivity contribution in [3.8, 4) is 0 Å². The van der Waals surface area contributed by atoms with Crippen LogP contribution in [0.1, 0.15) is 32.6 Å². The van der Waals surface area contributed by atoms with Crippen LogP contribution in [0.2, 0.25) is 5.02 Å². The first-order valence-electron chi connectivity index (χ1n) is 7.53. The van der Waals surface area contributed by atoms with Crippen molar-refractivity contribution in [3.05, 3.63) is 29.3 Å². The largest absolute Gasteiger partial charge is 0.286 e. The molecule has 0 aliphatic heterocycles. The number of unbranched alkanes of at least 4 members (excludes halogenated alkanes) is 2. The van der Waals surface area contributed by atoms with Gasteiger partial charge in [-0.05, 0) is 30.7 Å². The van der Waals surface area contributed by atoms with Crippen LogP contribution in [0.4, 0.5) is 0 Å². The first kappa shape index (κ1) is 20.4. The van der Waals surface area contributed by atoms with Crippen LogP contribution < -0.4 is 4.72 Å². The summed E-state index contributed by atoms with van der Waals surface area (Å²) in [6.45, 7) is 1.72. The van der Waals surface area contributed by atoms with E-state index < -0.39 is 21.8 Å². The second-order valence-electron chi connectivity index (χ2n) is 5.34. The van der Waals surface area contributed by atoms with Gasteiger partial charge >= 0.3 is 0 Å². The number of halogens is 1. The van der Waals surface area contributed by atoms with E-state index in [1.807, 2.05) is 11.6 Å². The third-order valence-corrected chi connectivity index (χ3v) is 5.03. The molecule has 0 saturated heterocycles. The van der Waals surface area contributed by atoms with Gasteiger partial charge in [0, 0.05) is 5.02 Å². The van der Waals surface area contributed by atoms with Gasteiger partial charge in [-0.3, -0.25) is 14.8 Å². The summed E-state index contributed by atoms with van der Waals surface area (Å²) in [6.07, 6.45) is 3.00. The topological polar surface area (TPSA) is 104 Å². The Hall–Kier alpha value is -1.64. The summed E-state index contributed by atoms with van der Waals surface area (Å²) in [5, 5.41) is 10.0. The van der Waals surface area contributed by atoms with Gasteiger partial charge in [-0.15, -0.1) is 0 Å². The number of amides is 2. The first-order chi connectivity index (χ1) is 11.3. The maximum Gasteiger partial charge on any atom is 0.264 e. The maximum atomic E-state index is 12.3. The van der Waals surface area contributed by atoms with E-state index in [4.69, 9.17) is 11.6 Å². The summed E-state index contributed by atoms with van der Waals surface area (Å²) in [6, 6.07) is 5.38. The summed E-state index contributed by atoms with van der Waals surface area (Å²) in [5.74, 6) is -1.59. The maximum absolute atomic E-state index is 12.3. The minimum absolute atomic E-state index is 0.0937. The molecule has 1 atom stereocenters. The van der Waals surface area contributed by atoms with E-state index in [0.29, 0.717) is 22.9 Å². The Balaban J connectivity index is 2.84. The molecule has 0 aliphatic carbocycles. The number of carbonyl (C=O) groups excluding carboxylic acids is 2. The highest BCUT2D eigenvalue weighted by molar-refractivity contribution is 7.90. The van der Waals surface area contributed by atoms with Gasteiger partial charge in [0.15, 0.2) is 0 Å². The lowest BCUT2D eigenvalue weighted by molar-refractivity contribution is -0.154. The summed E-state index contributed by atoms with van der Waals surface area (Å²) in [4.78, 5) is 22.7. The van der Waals surface area contributed by atoms with Gasteiger partial charge in [-0.1, -0.05) is 37.8 Å². The summed E-state index contributed by atoms with van der Waals surface area (Å²) >= 11 is 5.71. The highest BCUT2D eigenvalue weighted by atomic mass is 35.5. The zero-order valence-electron chi connectivity index (χ0n) is 13.3. The Morgan fingerprint density at radius 3 is 2.50 bits per heavy atom. The summed E-state index contributed by atoms with van der Waals surface area (Å²) < 4.78 is 26.4. The molecule has 7 nitrogen and oxygen atoms in total. The molecule has 0 spiro atoms. The van der Waals surface area contributed by atoms with E-state index in [1.54, 1.807) is 0 Å². The molecule has 1 aromatic rings. The van der Waals surface area contributed by atoms with Crippen LogP contribution in [0.5, 0.6) is 0 Å². The number of hydrogen-bond donors (Lipinski definition) is 2. The predicted molar refractivity (Wildman–Crippen MR) is 89.0 cm³/mol. The average molecular weight is 377 g/mol. The number of hydroxylamine groups is 2. The highest BCUT2D eigenvalue weighted by Gasteiger charge is 2.25. The lowest BCUT2D eigenvalue weighted by atomic mass is 10.0. The highest BCUT2D eigenvalue weighted by Crippen LogP contribution is 2.16. The molecule has 9 heteroatoms. The van der Waals surface area contributed by atoms with E-state index >= 15 is 0 Å². The molecule has 1 rings (SSSR count). The van der Waals surface area contributed by atoms with E-state index in [-0.39, 0.29) is 17.9 Å². The molecule has 1 unspecified atom stereocenters. The molecule has 134 valence electrons. The number of carbonyl (C=O) groups is 2. The lowest BCUT2D eigenvalue weighted by Crippen LogP contribution is -2.40. The molecule has 2 amide bonds. The summed E-state index contributed by atoms with van der Waals surface area (Å²) in [7, 11) is -4.04. The predicted octanol–water partition coefficient (Wildman–Crippen LogP) is 2.19. The average Bonchev–Trinajstić information content (AvgIpc) is 2.53. The third-order valence-electron chi connectivity index (χ3n) is 3.41. The Labute approximate surface area is 146 Å². The standard InChI is InChI=1S/C15H21ClN2O5S/c1-2-3-4-5-12(10-18(21)11-19)15(20)17-24(22,23)14-8-6-13(16)7-9-14/h6-9,11-12,21H,2-5,10H2,1H3,(H,17,20). The molecule has 0 aliphatic rings. The Morgan fingerprint density at radius 2 is 1.96 bits per heavy atom. The lowest BCUT2D eigenvalue weighted by Gasteiger charge is -2.19. The van der Waals surface area contributed by atoms with Crippen molar-refractivity contribution in [1.29, 1.82) is 0 Å². The minimum Gasteiger partial charge on any atom is -0.286 e. The molecule has 0 bridgehead atoms. The van der Waals surface area contributed by atoms with Crippen molar-refractivity contribution in [1.82, 2.24) is 9.79 Å². The van der Waals surface area contributed by atoms with Crippen LogP contribution in [0.15, 0.2) is 29.2 Å². The van der Waals surface area contributed by atoms with Gasteiger partial charge in [0.1, 0.15) is 0 Å². The fraction of sp³-hybridized carbons (Fsp3) is 0.467. The van der Waals surface area contributed by atoms with Gasteiger partial charge in [0.05, 0.1) is 17.4 Å². The Bertz CT molecular complexity index is 648. The zero-order valence-corrected chi connectivity index (χ0v) is 14.9. The molecule has 0 fully saturated rings. The second-order valence-corrected chi connectivity index (χ2v) is 7.46. The van der Waals surface area contributed by atoms with Crippen molar-refractivity contribution in [2.75, 3.05) is 6.54 Å². The second kappa shape index (κ2) is 9.61. The fourth-order valence-electron chi connectivity index (χ4n) is 2.10. The van der Waals surface area contributed by atoms with Crippen molar-refractivity contribution < 1.29 is 23.2 Å². The third kappa shape index (κ3) is 6.46. The fourth-order valence-corrected chi connectivity index (χ4v) is 3.27. The number of benzene rings is 1. The number of nitrogens with one attached hydrogen (secondary N) is 1. The van der Waals surface area contributed by atoms with E-state index in [0.717, 1.165) is 12.8 Å².